The maximum Gasteiger partial charge on any atom is 0.255 e. The third-order valence-electron chi connectivity index (χ3n) is 4.02. The molecule has 3 nitrogen and oxygen atoms in total. The van der Waals surface area contributed by atoms with Crippen LogP contribution in [0.1, 0.15) is 28.2 Å². The summed E-state index contributed by atoms with van der Waals surface area (Å²) >= 11 is 0. The molecule has 1 atom stereocenters. The molecule has 0 aliphatic rings. The minimum absolute atomic E-state index is 0.449. The highest BCUT2D eigenvalue weighted by molar-refractivity contribution is 5.86. The summed E-state index contributed by atoms with van der Waals surface area (Å²) < 4.78 is 0. The molecule has 0 bridgehead atoms. The molecule has 0 fully saturated rings. The summed E-state index contributed by atoms with van der Waals surface area (Å²) in [7, 11) is 0. The Balaban J connectivity index is 1.93. The van der Waals surface area contributed by atoms with Crippen LogP contribution in [0.5, 0.6) is 0 Å². The molecule has 0 saturated heterocycles. The lowest BCUT2D eigenvalue weighted by atomic mass is 9.89. The molecule has 0 spiro atoms. The SMILES string of the molecule is O=C(NO)C(c1ccccc1)c1cccc(/C=C/c2ccccc2)c1. The van der Waals surface area contributed by atoms with Crippen molar-refractivity contribution in [1.29, 1.82) is 0 Å². The number of hydrogen-bond donors (Lipinski definition) is 2. The Bertz CT molecular complexity index is 857. The largest absolute Gasteiger partial charge is 0.289 e. The summed E-state index contributed by atoms with van der Waals surface area (Å²) in [6, 6.07) is 27.2. The van der Waals surface area contributed by atoms with E-state index in [1.807, 2.05) is 97.1 Å². The molecule has 3 aromatic carbocycles. The van der Waals surface area contributed by atoms with Gasteiger partial charge in [-0.05, 0) is 22.3 Å². The Kier molecular flexibility index (Phi) is 5.39. The summed E-state index contributed by atoms with van der Waals surface area (Å²) in [6.07, 6.45) is 4.04. The second-order valence-electron chi connectivity index (χ2n) is 5.73. The van der Waals surface area contributed by atoms with Gasteiger partial charge in [0.2, 0.25) is 0 Å². The zero-order valence-corrected chi connectivity index (χ0v) is 13.7. The first-order chi connectivity index (χ1) is 12.3. The van der Waals surface area contributed by atoms with Gasteiger partial charge in [0.25, 0.3) is 5.91 Å². The lowest BCUT2D eigenvalue weighted by Crippen LogP contribution is -2.27. The fourth-order valence-electron chi connectivity index (χ4n) is 2.80. The van der Waals surface area contributed by atoms with Crippen LogP contribution in [0, 0.1) is 0 Å². The van der Waals surface area contributed by atoms with E-state index in [9.17, 15) is 4.79 Å². The van der Waals surface area contributed by atoms with Gasteiger partial charge in [0, 0.05) is 0 Å². The highest BCUT2D eigenvalue weighted by Gasteiger charge is 2.22. The summed E-state index contributed by atoms with van der Waals surface area (Å²) in [5.74, 6) is -1.01. The Hall–Kier alpha value is -3.17. The van der Waals surface area contributed by atoms with Crippen LogP contribution < -0.4 is 5.48 Å². The van der Waals surface area contributed by atoms with Gasteiger partial charge in [-0.1, -0.05) is 97.1 Å². The Morgan fingerprint density at radius 2 is 1.32 bits per heavy atom. The summed E-state index contributed by atoms with van der Waals surface area (Å²) in [4.78, 5) is 12.2. The minimum Gasteiger partial charge on any atom is -0.289 e. The van der Waals surface area contributed by atoms with Gasteiger partial charge in [0.05, 0.1) is 5.92 Å². The van der Waals surface area contributed by atoms with E-state index in [-0.39, 0.29) is 0 Å². The van der Waals surface area contributed by atoms with Crippen LogP contribution in [-0.2, 0) is 4.79 Å². The monoisotopic (exact) mass is 329 g/mol. The molecule has 2 N–H and O–H groups in total. The third kappa shape index (κ3) is 4.22. The molecular formula is C22H19NO2. The minimum atomic E-state index is -0.559. The van der Waals surface area contributed by atoms with E-state index in [0.717, 1.165) is 22.3 Å². The van der Waals surface area contributed by atoms with E-state index in [4.69, 9.17) is 5.21 Å². The third-order valence-corrected chi connectivity index (χ3v) is 4.02. The fourth-order valence-corrected chi connectivity index (χ4v) is 2.80. The van der Waals surface area contributed by atoms with Crippen molar-refractivity contribution in [3.05, 3.63) is 107 Å². The smallest absolute Gasteiger partial charge is 0.255 e. The molecule has 3 heteroatoms. The van der Waals surface area contributed by atoms with Crippen molar-refractivity contribution in [3.8, 4) is 0 Å². The molecular weight excluding hydrogens is 310 g/mol. The molecule has 3 aromatic rings. The van der Waals surface area contributed by atoms with E-state index >= 15 is 0 Å². The quantitative estimate of drug-likeness (QED) is 0.411. The average Bonchev–Trinajstić information content (AvgIpc) is 2.68. The summed E-state index contributed by atoms with van der Waals surface area (Å²) in [5.41, 5.74) is 5.55. The number of nitrogens with one attached hydrogen (secondary N) is 1. The molecule has 25 heavy (non-hydrogen) atoms. The van der Waals surface area contributed by atoms with Crippen molar-refractivity contribution in [2.45, 2.75) is 5.92 Å². The van der Waals surface area contributed by atoms with Crippen LogP contribution >= 0.6 is 0 Å². The summed E-state index contributed by atoms with van der Waals surface area (Å²) in [6.45, 7) is 0. The molecule has 0 heterocycles. The maximum absolute atomic E-state index is 12.2. The molecule has 1 amide bonds. The molecule has 124 valence electrons. The first-order valence-electron chi connectivity index (χ1n) is 8.10. The molecule has 0 radical (unpaired) electrons. The van der Waals surface area contributed by atoms with Crippen LogP contribution in [0.2, 0.25) is 0 Å². The predicted molar refractivity (Wildman–Crippen MR) is 100 cm³/mol. The van der Waals surface area contributed by atoms with Gasteiger partial charge in [-0.15, -0.1) is 0 Å². The van der Waals surface area contributed by atoms with E-state index < -0.39 is 11.8 Å². The van der Waals surface area contributed by atoms with Crippen LogP contribution in [0.15, 0.2) is 84.9 Å². The molecule has 3 rings (SSSR count). The number of hydrogen-bond acceptors (Lipinski definition) is 2. The van der Waals surface area contributed by atoms with Crippen LogP contribution in [-0.4, -0.2) is 11.1 Å². The number of benzene rings is 3. The van der Waals surface area contributed by atoms with Crippen molar-refractivity contribution in [1.82, 2.24) is 5.48 Å². The van der Waals surface area contributed by atoms with E-state index in [1.165, 1.54) is 0 Å². The number of carbonyl (C=O) groups excluding carboxylic acids is 1. The van der Waals surface area contributed by atoms with Crippen LogP contribution in [0.3, 0.4) is 0 Å². The van der Waals surface area contributed by atoms with E-state index in [1.54, 1.807) is 5.48 Å². The van der Waals surface area contributed by atoms with Gasteiger partial charge in [-0.3, -0.25) is 10.0 Å². The predicted octanol–water partition coefficient (Wildman–Crippen LogP) is 4.49. The fraction of sp³-hybridized carbons (Fsp3) is 0.0455. The number of carbonyl (C=O) groups is 1. The number of rotatable bonds is 5. The van der Waals surface area contributed by atoms with Crippen molar-refractivity contribution in [2.75, 3.05) is 0 Å². The molecule has 0 saturated carbocycles. The second-order valence-corrected chi connectivity index (χ2v) is 5.73. The highest BCUT2D eigenvalue weighted by Crippen LogP contribution is 2.26. The lowest BCUT2D eigenvalue weighted by molar-refractivity contribution is -0.129. The van der Waals surface area contributed by atoms with Crippen molar-refractivity contribution >= 4 is 18.1 Å². The van der Waals surface area contributed by atoms with Gasteiger partial charge >= 0.3 is 0 Å². The number of hydroxylamine groups is 1. The van der Waals surface area contributed by atoms with Gasteiger partial charge < -0.3 is 0 Å². The molecule has 1 unspecified atom stereocenters. The first kappa shape index (κ1) is 16.7. The second kappa shape index (κ2) is 8.08. The molecule has 0 aromatic heterocycles. The number of amides is 1. The zero-order valence-electron chi connectivity index (χ0n) is 13.7. The topological polar surface area (TPSA) is 49.3 Å². The Morgan fingerprint density at radius 1 is 0.760 bits per heavy atom. The van der Waals surface area contributed by atoms with Gasteiger partial charge in [0.1, 0.15) is 0 Å². The lowest BCUT2D eigenvalue weighted by Gasteiger charge is -2.16. The highest BCUT2D eigenvalue weighted by atomic mass is 16.5. The van der Waals surface area contributed by atoms with Crippen molar-refractivity contribution in [3.63, 3.8) is 0 Å². The van der Waals surface area contributed by atoms with E-state index in [0.29, 0.717) is 0 Å². The zero-order chi connectivity index (χ0) is 17.5. The average molecular weight is 329 g/mol. The standard InChI is InChI=1S/C22H19NO2/c24-22(23-25)21(19-11-5-2-6-12-19)20-13-7-10-18(16-20)15-14-17-8-3-1-4-9-17/h1-16,21,25H,(H,23,24)/b15-14+. The van der Waals surface area contributed by atoms with Crippen LogP contribution in [0.4, 0.5) is 0 Å². The Labute approximate surface area is 147 Å². The Morgan fingerprint density at radius 3 is 2.00 bits per heavy atom. The van der Waals surface area contributed by atoms with Gasteiger partial charge in [-0.25, -0.2) is 5.48 Å². The van der Waals surface area contributed by atoms with Crippen molar-refractivity contribution in [2.24, 2.45) is 0 Å². The van der Waals surface area contributed by atoms with E-state index in [2.05, 4.69) is 0 Å². The summed E-state index contributed by atoms with van der Waals surface area (Å²) in [5, 5.41) is 9.14. The first-order valence-corrected chi connectivity index (χ1v) is 8.10. The normalized spacial score (nSPS) is 12.0. The molecule has 0 aliphatic heterocycles. The van der Waals surface area contributed by atoms with Crippen molar-refractivity contribution < 1.29 is 10.0 Å². The van der Waals surface area contributed by atoms with Gasteiger partial charge in [0.15, 0.2) is 0 Å². The maximum atomic E-state index is 12.2. The van der Waals surface area contributed by atoms with Gasteiger partial charge in [-0.2, -0.15) is 0 Å². The molecule has 0 aliphatic carbocycles. The van der Waals surface area contributed by atoms with Crippen LogP contribution in [0.25, 0.3) is 12.2 Å².